The highest BCUT2D eigenvalue weighted by atomic mass is 16.5. The minimum atomic E-state index is 0.110. The lowest BCUT2D eigenvalue weighted by atomic mass is 9.85. The maximum atomic E-state index is 5.62. The van der Waals surface area contributed by atoms with Crippen LogP contribution >= 0.6 is 0 Å². The summed E-state index contributed by atoms with van der Waals surface area (Å²) in [6, 6.07) is 10.8. The molecule has 0 aliphatic carbocycles. The summed E-state index contributed by atoms with van der Waals surface area (Å²) in [5.41, 5.74) is 6.03. The second-order valence-corrected chi connectivity index (χ2v) is 7.40. The first kappa shape index (κ1) is 17.5. The molecule has 0 atom stereocenters. The van der Waals surface area contributed by atoms with Crippen LogP contribution in [0.2, 0.25) is 0 Å². The van der Waals surface area contributed by atoms with Crippen molar-refractivity contribution in [2.24, 2.45) is 0 Å². The fraction of sp³-hybridized carbons (Fsp3) is 0.476. The van der Waals surface area contributed by atoms with Crippen LogP contribution in [0.25, 0.3) is 11.1 Å². The summed E-state index contributed by atoms with van der Waals surface area (Å²) in [4.78, 5) is 4.88. The molecule has 1 aromatic heterocycles. The molecule has 0 bridgehead atoms. The van der Waals surface area contributed by atoms with E-state index in [4.69, 9.17) is 9.72 Å². The molecule has 23 heavy (non-hydrogen) atoms. The van der Waals surface area contributed by atoms with E-state index in [-0.39, 0.29) is 5.41 Å². The summed E-state index contributed by atoms with van der Waals surface area (Å²) in [6.07, 6.45) is 0.915. The van der Waals surface area contributed by atoms with Gasteiger partial charge >= 0.3 is 0 Å². The third kappa shape index (κ3) is 3.74. The largest absolute Gasteiger partial charge is 0.496 e. The van der Waals surface area contributed by atoms with Crippen molar-refractivity contribution < 1.29 is 4.74 Å². The predicted molar refractivity (Wildman–Crippen MR) is 98.4 cm³/mol. The summed E-state index contributed by atoms with van der Waals surface area (Å²) in [7, 11) is 1.73. The minimum Gasteiger partial charge on any atom is -0.496 e. The lowest BCUT2D eigenvalue weighted by molar-refractivity contribution is 0.416. The van der Waals surface area contributed by atoms with Crippen molar-refractivity contribution >= 4 is 0 Å². The summed E-state index contributed by atoms with van der Waals surface area (Å²) in [6.45, 7) is 13.2. The third-order valence-electron chi connectivity index (χ3n) is 4.28. The minimum absolute atomic E-state index is 0.110. The summed E-state index contributed by atoms with van der Waals surface area (Å²) in [5, 5.41) is 0. The Kier molecular flexibility index (Phi) is 5.13. The van der Waals surface area contributed by atoms with E-state index in [1.807, 2.05) is 0 Å². The monoisotopic (exact) mass is 311 g/mol. The van der Waals surface area contributed by atoms with Gasteiger partial charge in [-0.1, -0.05) is 53.7 Å². The molecule has 0 amide bonds. The molecule has 124 valence electrons. The van der Waals surface area contributed by atoms with Crippen LogP contribution in [0.4, 0.5) is 0 Å². The number of hydrogen-bond donors (Lipinski definition) is 0. The van der Waals surface area contributed by atoms with E-state index in [2.05, 4.69) is 71.9 Å². The molecule has 0 spiro atoms. The van der Waals surface area contributed by atoms with E-state index in [0.29, 0.717) is 5.92 Å². The Labute approximate surface area is 140 Å². The number of benzene rings is 1. The number of methoxy groups -OCH3 is 1. The highest BCUT2D eigenvalue weighted by Gasteiger charge is 2.18. The molecule has 0 radical (unpaired) electrons. The van der Waals surface area contributed by atoms with Gasteiger partial charge in [-0.15, -0.1) is 0 Å². The molecule has 0 saturated heterocycles. The van der Waals surface area contributed by atoms with Gasteiger partial charge in [0, 0.05) is 22.5 Å². The van der Waals surface area contributed by atoms with Gasteiger partial charge in [0.05, 0.1) is 7.11 Å². The molecule has 1 heterocycles. The average Bonchev–Trinajstić information content (AvgIpc) is 2.52. The molecule has 0 N–H and O–H groups in total. The van der Waals surface area contributed by atoms with Gasteiger partial charge in [0.2, 0.25) is 0 Å². The highest BCUT2D eigenvalue weighted by molar-refractivity contribution is 5.73. The Morgan fingerprint density at radius 2 is 1.74 bits per heavy atom. The molecule has 1 aromatic carbocycles. The smallest absolute Gasteiger partial charge is 0.126 e. The van der Waals surface area contributed by atoms with Crippen LogP contribution in [0.15, 0.2) is 30.3 Å². The molecule has 0 aliphatic rings. The lowest BCUT2D eigenvalue weighted by Gasteiger charge is -2.22. The van der Waals surface area contributed by atoms with Crippen molar-refractivity contribution in [3.8, 4) is 16.9 Å². The predicted octanol–water partition coefficient (Wildman–Crippen LogP) is 5.74. The Balaban J connectivity index is 2.64. The number of pyridine rings is 1. The van der Waals surface area contributed by atoms with Gasteiger partial charge in [0.25, 0.3) is 0 Å². The summed E-state index contributed by atoms with van der Waals surface area (Å²) in [5.74, 6) is 1.35. The second-order valence-electron chi connectivity index (χ2n) is 7.40. The zero-order valence-electron chi connectivity index (χ0n) is 15.5. The number of rotatable bonds is 4. The van der Waals surface area contributed by atoms with Crippen LogP contribution in [0.5, 0.6) is 5.75 Å². The quantitative estimate of drug-likeness (QED) is 0.718. The third-order valence-corrected chi connectivity index (χ3v) is 4.28. The second kappa shape index (κ2) is 6.74. The zero-order valence-corrected chi connectivity index (χ0v) is 15.5. The van der Waals surface area contributed by atoms with Crippen molar-refractivity contribution in [1.29, 1.82) is 0 Å². The molecular formula is C21H29NO. The Morgan fingerprint density at radius 1 is 1.04 bits per heavy atom. The Morgan fingerprint density at radius 3 is 2.26 bits per heavy atom. The normalized spacial score (nSPS) is 11.8. The first-order chi connectivity index (χ1) is 10.8. The van der Waals surface area contributed by atoms with Crippen LogP contribution in [-0.4, -0.2) is 12.1 Å². The number of ether oxygens (including phenoxy) is 1. The van der Waals surface area contributed by atoms with Crippen molar-refractivity contribution in [3.63, 3.8) is 0 Å². The van der Waals surface area contributed by atoms with Gasteiger partial charge in [0.1, 0.15) is 5.75 Å². The average molecular weight is 311 g/mol. The molecule has 0 aliphatic heterocycles. The van der Waals surface area contributed by atoms with Crippen molar-refractivity contribution in [3.05, 3.63) is 47.3 Å². The van der Waals surface area contributed by atoms with Crippen LogP contribution < -0.4 is 4.74 Å². The van der Waals surface area contributed by atoms with E-state index in [1.165, 1.54) is 11.1 Å². The Bertz CT molecular complexity index is 681. The SMILES string of the molecule is CCc1nc(C(C)C)ccc1-c1cc(C(C)(C)C)ccc1OC. The van der Waals surface area contributed by atoms with Crippen molar-refractivity contribution in [2.45, 2.75) is 59.3 Å². The van der Waals surface area contributed by atoms with Gasteiger partial charge in [-0.3, -0.25) is 4.98 Å². The highest BCUT2D eigenvalue weighted by Crippen LogP contribution is 2.36. The van der Waals surface area contributed by atoms with Gasteiger partial charge in [-0.25, -0.2) is 0 Å². The van der Waals surface area contributed by atoms with Crippen molar-refractivity contribution in [2.75, 3.05) is 7.11 Å². The van der Waals surface area contributed by atoms with Gasteiger partial charge in [-0.2, -0.15) is 0 Å². The summed E-state index contributed by atoms with van der Waals surface area (Å²) < 4.78 is 5.62. The molecule has 2 nitrogen and oxygen atoms in total. The molecule has 2 aromatic rings. The van der Waals surface area contributed by atoms with Crippen LogP contribution in [0, 0.1) is 0 Å². The van der Waals surface area contributed by atoms with E-state index >= 15 is 0 Å². The fourth-order valence-corrected chi connectivity index (χ4v) is 2.74. The van der Waals surface area contributed by atoms with E-state index in [9.17, 15) is 0 Å². The number of nitrogens with zero attached hydrogens (tertiary/aromatic N) is 1. The van der Waals surface area contributed by atoms with E-state index in [0.717, 1.165) is 29.1 Å². The van der Waals surface area contributed by atoms with Gasteiger partial charge in [-0.05, 0) is 41.5 Å². The molecule has 2 rings (SSSR count). The van der Waals surface area contributed by atoms with Crippen LogP contribution in [-0.2, 0) is 11.8 Å². The maximum absolute atomic E-state index is 5.62. The molecule has 0 saturated carbocycles. The first-order valence-electron chi connectivity index (χ1n) is 8.46. The molecule has 0 unspecified atom stereocenters. The van der Waals surface area contributed by atoms with Crippen LogP contribution in [0.1, 0.15) is 64.4 Å². The Hall–Kier alpha value is -1.83. The molecule has 2 heteroatoms. The molecular weight excluding hydrogens is 282 g/mol. The fourth-order valence-electron chi connectivity index (χ4n) is 2.74. The topological polar surface area (TPSA) is 22.1 Å². The van der Waals surface area contributed by atoms with Crippen LogP contribution in [0.3, 0.4) is 0 Å². The van der Waals surface area contributed by atoms with E-state index in [1.54, 1.807) is 7.11 Å². The lowest BCUT2D eigenvalue weighted by Crippen LogP contribution is -2.11. The number of hydrogen-bond acceptors (Lipinski definition) is 2. The number of aryl methyl sites for hydroxylation is 1. The molecule has 0 fully saturated rings. The number of aromatic nitrogens is 1. The van der Waals surface area contributed by atoms with Crippen molar-refractivity contribution in [1.82, 2.24) is 4.98 Å². The van der Waals surface area contributed by atoms with Gasteiger partial charge < -0.3 is 4.74 Å². The maximum Gasteiger partial charge on any atom is 0.126 e. The van der Waals surface area contributed by atoms with E-state index < -0.39 is 0 Å². The summed E-state index contributed by atoms with van der Waals surface area (Å²) >= 11 is 0. The zero-order chi connectivity index (χ0) is 17.2. The van der Waals surface area contributed by atoms with Gasteiger partial charge in [0.15, 0.2) is 0 Å². The standard InChI is InChI=1S/C21H29NO/c1-8-18-16(10-11-19(22-18)14(2)3)17-13-15(21(4,5)6)9-12-20(17)23-7/h9-14H,8H2,1-7H3. The first-order valence-corrected chi connectivity index (χ1v) is 8.46.